The van der Waals surface area contributed by atoms with Gasteiger partial charge < -0.3 is 0 Å². The molecule has 3 aromatic rings. The quantitative estimate of drug-likeness (QED) is 0.369. The Morgan fingerprint density at radius 1 is 0.778 bits per heavy atom. The van der Waals surface area contributed by atoms with Crippen LogP contribution in [0.2, 0.25) is 0 Å². The van der Waals surface area contributed by atoms with Gasteiger partial charge in [-0.15, -0.1) is 0 Å². The molecule has 0 saturated carbocycles. The summed E-state index contributed by atoms with van der Waals surface area (Å²) in [5.41, 5.74) is 3.64. The number of hydrogen-bond acceptors (Lipinski definition) is 2. The van der Waals surface area contributed by atoms with Gasteiger partial charge in [0.15, 0.2) is 0 Å². The van der Waals surface area contributed by atoms with Crippen molar-refractivity contribution in [1.29, 1.82) is 0 Å². The zero-order chi connectivity index (χ0) is 19.2. The van der Waals surface area contributed by atoms with E-state index in [1.807, 2.05) is 38.1 Å². The molecular formula is C23H18F2N2. The van der Waals surface area contributed by atoms with Crippen LogP contribution < -0.4 is 0 Å². The Bertz CT molecular complexity index is 1000. The summed E-state index contributed by atoms with van der Waals surface area (Å²) in [7, 11) is 0. The Labute approximate surface area is 157 Å². The van der Waals surface area contributed by atoms with Crippen LogP contribution in [0.1, 0.15) is 29.2 Å². The first-order valence-corrected chi connectivity index (χ1v) is 8.63. The van der Waals surface area contributed by atoms with Crippen LogP contribution in [0.4, 0.5) is 20.2 Å². The van der Waals surface area contributed by atoms with Crippen LogP contribution in [0.25, 0.3) is 0 Å². The van der Waals surface area contributed by atoms with E-state index >= 15 is 0 Å². The van der Waals surface area contributed by atoms with Gasteiger partial charge in [0.05, 0.1) is 16.9 Å². The average molecular weight is 360 g/mol. The summed E-state index contributed by atoms with van der Waals surface area (Å²) < 4.78 is 28.0. The summed E-state index contributed by atoms with van der Waals surface area (Å²) in [4.78, 5) is 0. The van der Waals surface area contributed by atoms with E-state index in [4.69, 9.17) is 0 Å². The summed E-state index contributed by atoms with van der Waals surface area (Å²) in [6.45, 7) is 3.86. The van der Waals surface area contributed by atoms with Gasteiger partial charge in [0.1, 0.15) is 11.6 Å². The number of nitrogens with zero attached hydrogens (tertiary/aromatic N) is 2. The highest BCUT2D eigenvalue weighted by atomic mass is 19.1. The first-order chi connectivity index (χ1) is 13.0. The second kappa shape index (κ2) is 8.37. The lowest BCUT2D eigenvalue weighted by Crippen LogP contribution is -1.93. The SMILES string of the molecule is CCc1cc(F)c(C#Cc2ccc(N=Nc3ccc(C)cc3)cc2)c(F)c1. The molecule has 4 heteroatoms. The lowest BCUT2D eigenvalue weighted by Gasteiger charge is -2.01. The molecule has 0 aliphatic carbocycles. The van der Waals surface area contributed by atoms with Crippen LogP contribution in [0.3, 0.4) is 0 Å². The van der Waals surface area contributed by atoms with Crippen LogP contribution in [-0.2, 0) is 6.42 Å². The van der Waals surface area contributed by atoms with E-state index in [1.165, 1.54) is 12.1 Å². The maximum Gasteiger partial charge on any atom is 0.142 e. The van der Waals surface area contributed by atoms with Gasteiger partial charge in [-0.25, -0.2) is 8.78 Å². The third-order valence-electron chi connectivity index (χ3n) is 4.02. The Morgan fingerprint density at radius 2 is 1.30 bits per heavy atom. The van der Waals surface area contributed by atoms with Crippen LogP contribution in [0.15, 0.2) is 70.9 Å². The topological polar surface area (TPSA) is 24.7 Å². The Morgan fingerprint density at radius 3 is 1.81 bits per heavy atom. The summed E-state index contributed by atoms with van der Waals surface area (Å²) in [5.74, 6) is 4.09. The molecule has 0 saturated heterocycles. The molecule has 0 aliphatic heterocycles. The van der Waals surface area contributed by atoms with Crippen molar-refractivity contribution < 1.29 is 8.78 Å². The summed E-state index contributed by atoms with van der Waals surface area (Å²) in [6, 6.07) is 17.4. The average Bonchev–Trinajstić information content (AvgIpc) is 2.67. The number of halogens is 2. The molecule has 27 heavy (non-hydrogen) atoms. The lowest BCUT2D eigenvalue weighted by atomic mass is 10.1. The van der Waals surface area contributed by atoms with Crippen LogP contribution >= 0.6 is 0 Å². The highest BCUT2D eigenvalue weighted by molar-refractivity contribution is 5.49. The van der Waals surface area contributed by atoms with Crippen molar-refractivity contribution in [1.82, 2.24) is 0 Å². The highest BCUT2D eigenvalue weighted by Gasteiger charge is 2.08. The zero-order valence-electron chi connectivity index (χ0n) is 15.1. The number of azo groups is 1. The van der Waals surface area contributed by atoms with E-state index in [1.54, 1.807) is 24.3 Å². The second-order valence-corrected chi connectivity index (χ2v) is 6.12. The maximum atomic E-state index is 14.0. The van der Waals surface area contributed by atoms with Gasteiger partial charge in [-0.3, -0.25) is 0 Å². The number of aryl methyl sites for hydroxylation is 2. The van der Waals surface area contributed by atoms with Gasteiger partial charge in [0.25, 0.3) is 0 Å². The largest absolute Gasteiger partial charge is 0.206 e. The van der Waals surface area contributed by atoms with Crippen molar-refractivity contribution in [2.75, 3.05) is 0 Å². The van der Waals surface area contributed by atoms with Gasteiger partial charge in [0, 0.05) is 5.56 Å². The van der Waals surface area contributed by atoms with Gasteiger partial charge in [0.2, 0.25) is 0 Å². The van der Waals surface area contributed by atoms with E-state index < -0.39 is 11.6 Å². The third-order valence-corrected chi connectivity index (χ3v) is 4.02. The normalized spacial score (nSPS) is 10.7. The summed E-state index contributed by atoms with van der Waals surface area (Å²) in [5, 5.41) is 8.34. The maximum absolute atomic E-state index is 14.0. The van der Waals surface area contributed by atoms with E-state index in [2.05, 4.69) is 22.1 Å². The van der Waals surface area contributed by atoms with Gasteiger partial charge >= 0.3 is 0 Å². The third kappa shape index (κ3) is 4.86. The predicted octanol–water partition coefficient (Wildman–Crippen LogP) is 6.65. The van der Waals surface area contributed by atoms with Crippen molar-refractivity contribution in [3.05, 3.63) is 94.6 Å². The van der Waals surface area contributed by atoms with E-state index in [0.29, 0.717) is 23.2 Å². The molecule has 0 aliphatic rings. The summed E-state index contributed by atoms with van der Waals surface area (Å²) >= 11 is 0. The predicted molar refractivity (Wildman–Crippen MR) is 104 cm³/mol. The molecule has 0 atom stereocenters. The molecule has 0 N–H and O–H groups in total. The molecule has 0 amide bonds. The molecule has 0 fully saturated rings. The number of benzene rings is 3. The van der Waals surface area contributed by atoms with E-state index in [0.717, 1.165) is 11.3 Å². The van der Waals surface area contributed by atoms with Crippen molar-refractivity contribution in [3.8, 4) is 11.8 Å². The fourth-order valence-corrected chi connectivity index (χ4v) is 2.42. The minimum Gasteiger partial charge on any atom is -0.206 e. The molecule has 0 unspecified atom stereocenters. The Balaban J connectivity index is 1.75. The first-order valence-electron chi connectivity index (χ1n) is 8.63. The number of hydrogen-bond donors (Lipinski definition) is 0. The fourth-order valence-electron chi connectivity index (χ4n) is 2.42. The van der Waals surface area contributed by atoms with Crippen molar-refractivity contribution in [2.45, 2.75) is 20.3 Å². The lowest BCUT2D eigenvalue weighted by molar-refractivity contribution is 0.574. The molecule has 0 radical (unpaired) electrons. The zero-order valence-corrected chi connectivity index (χ0v) is 15.1. The monoisotopic (exact) mass is 360 g/mol. The highest BCUT2D eigenvalue weighted by Crippen LogP contribution is 2.19. The molecule has 3 rings (SSSR count). The van der Waals surface area contributed by atoms with E-state index in [-0.39, 0.29) is 5.56 Å². The first kappa shape index (κ1) is 18.5. The molecule has 3 aromatic carbocycles. The molecular weight excluding hydrogens is 342 g/mol. The van der Waals surface area contributed by atoms with Crippen molar-refractivity contribution in [3.63, 3.8) is 0 Å². The van der Waals surface area contributed by atoms with Crippen molar-refractivity contribution >= 4 is 11.4 Å². The minimum atomic E-state index is -0.636. The molecule has 0 spiro atoms. The van der Waals surface area contributed by atoms with Crippen LogP contribution in [0.5, 0.6) is 0 Å². The van der Waals surface area contributed by atoms with Gasteiger partial charge in [-0.1, -0.05) is 36.5 Å². The Kier molecular flexibility index (Phi) is 5.73. The molecule has 134 valence electrons. The second-order valence-electron chi connectivity index (χ2n) is 6.12. The molecule has 2 nitrogen and oxygen atoms in total. The van der Waals surface area contributed by atoms with Crippen LogP contribution in [-0.4, -0.2) is 0 Å². The van der Waals surface area contributed by atoms with E-state index in [9.17, 15) is 8.78 Å². The molecule has 0 bridgehead atoms. The van der Waals surface area contributed by atoms with Crippen LogP contribution in [0, 0.1) is 30.4 Å². The van der Waals surface area contributed by atoms with Gasteiger partial charge in [-0.05, 0) is 67.4 Å². The van der Waals surface area contributed by atoms with Crippen molar-refractivity contribution in [2.24, 2.45) is 10.2 Å². The number of rotatable bonds is 3. The molecule has 0 heterocycles. The van der Waals surface area contributed by atoms with Gasteiger partial charge in [-0.2, -0.15) is 10.2 Å². The summed E-state index contributed by atoms with van der Waals surface area (Å²) in [6.07, 6.45) is 0.570. The smallest absolute Gasteiger partial charge is 0.142 e. The molecule has 0 aromatic heterocycles. The Hall–Kier alpha value is -3.32. The fraction of sp³-hybridized carbons (Fsp3) is 0.130. The standard InChI is InChI=1S/C23H18F2N2/c1-3-17-14-22(24)21(23(25)15-17)13-8-18-6-11-20(12-7-18)27-26-19-9-4-16(2)5-10-19/h4-7,9-12,14-15H,3H2,1-2H3. The minimum absolute atomic E-state index is 0.213.